The summed E-state index contributed by atoms with van der Waals surface area (Å²) in [6, 6.07) is 11.9. The largest absolute Gasteiger partial charge is 0.534 e. The van der Waals surface area contributed by atoms with E-state index in [1.54, 1.807) is 30.3 Å². The molecule has 0 amide bonds. The number of rotatable bonds is 4. The summed E-state index contributed by atoms with van der Waals surface area (Å²) < 4.78 is 68.8. The zero-order valence-corrected chi connectivity index (χ0v) is 12.1. The fourth-order valence-corrected chi connectivity index (χ4v) is 2.19. The summed E-state index contributed by atoms with van der Waals surface area (Å²) in [6.45, 7) is 0. The van der Waals surface area contributed by atoms with Gasteiger partial charge in [-0.15, -0.1) is 0 Å². The second kappa shape index (κ2) is 5.88. The molecule has 0 fully saturated rings. The molecule has 0 aliphatic rings. The predicted molar refractivity (Wildman–Crippen MR) is 74.0 cm³/mol. The maximum absolute atomic E-state index is 12.4. The summed E-state index contributed by atoms with van der Waals surface area (Å²) >= 11 is 0. The molecule has 0 aliphatic heterocycles. The number of alkyl halides is 3. The maximum Gasteiger partial charge on any atom is 0.534 e. The van der Waals surface area contributed by atoms with Crippen LogP contribution in [-0.2, 0) is 10.1 Å². The average Bonchev–Trinajstić information content (AvgIpc) is 2.46. The monoisotopic (exact) mass is 332 g/mol. The van der Waals surface area contributed by atoms with Crippen LogP contribution in [-0.4, -0.2) is 21.0 Å². The van der Waals surface area contributed by atoms with Gasteiger partial charge in [-0.1, -0.05) is 30.3 Å². The Hall–Kier alpha value is -2.22. The van der Waals surface area contributed by atoms with Gasteiger partial charge in [-0.2, -0.15) is 21.6 Å². The molecule has 0 spiro atoms. The van der Waals surface area contributed by atoms with Gasteiger partial charge in [-0.05, 0) is 23.8 Å². The van der Waals surface area contributed by atoms with Crippen molar-refractivity contribution in [2.24, 2.45) is 0 Å². The lowest BCUT2D eigenvalue weighted by Crippen LogP contribution is -2.28. The first-order valence-electron chi connectivity index (χ1n) is 5.99. The highest BCUT2D eigenvalue weighted by Gasteiger charge is 2.48. The number of hydrogen-bond acceptors (Lipinski definition) is 4. The summed E-state index contributed by atoms with van der Waals surface area (Å²) in [5.41, 5.74) is -4.77. The van der Waals surface area contributed by atoms with Gasteiger partial charge < -0.3 is 8.92 Å². The van der Waals surface area contributed by atoms with Crippen molar-refractivity contribution in [1.82, 2.24) is 0 Å². The van der Waals surface area contributed by atoms with E-state index in [0.717, 1.165) is 6.07 Å². The molecule has 2 aromatic rings. The van der Waals surface area contributed by atoms with Gasteiger partial charge in [0.05, 0.1) is 7.11 Å². The molecule has 2 rings (SSSR count). The highest BCUT2D eigenvalue weighted by atomic mass is 32.2. The van der Waals surface area contributed by atoms with Crippen molar-refractivity contribution in [1.29, 1.82) is 0 Å². The molecule has 118 valence electrons. The minimum atomic E-state index is -5.72. The van der Waals surface area contributed by atoms with Gasteiger partial charge in [0.25, 0.3) is 0 Å². The van der Waals surface area contributed by atoms with Gasteiger partial charge in [0.1, 0.15) is 5.75 Å². The van der Waals surface area contributed by atoms with Gasteiger partial charge >= 0.3 is 15.6 Å². The van der Waals surface area contributed by atoms with Crippen molar-refractivity contribution in [2.75, 3.05) is 7.11 Å². The molecule has 4 nitrogen and oxygen atoms in total. The molecule has 0 aliphatic carbocycles. The van der Waals surface area contributed by atoms with E-state index < -0.39 is 21.4 Å². The zero-order chi connectivity index (χ0) is 16.4. The van der Waals surface area contributed by atoms with E-state index in [4.69, 9.17) is 4.74 Å². The minimum absolute atomic E-state index is 0.220. The quantitative estimate of drug-likeness (QED) is 0.634. The standard InChI is InChI=1S/C14H11F3O4S/c1-20-11-8-6-10(7-9-11)12-4-2-3-5-13(12)21-22(18,19)14(15,16)17/h2-9H,1H3. The number of benzene rings is 2. The molecule has 0 bridgehead atoms. The second-order valence-electron chi connectivity index (χ2n) is 4.21. The van der Waals surface area contributed by atoms with Crippen LogP contribution in [0, 0.1) is 0 Å². The molecule has 0 saturated carbocycles. The van der Waals surface area contributed by atoms with Crippen LogP contribution in [0.4, 0.5) is 13.2 Å². The summed E-state index contributed by atoms with van der Waals surface area (Å²) in [5.74, 6) is 0.162. The third kappa shape index (κ3) is 3.33. The predicted octanol–water partition coefficient (Wildman–Crippen LogP) is 3.59. The molecular weight excluding hydrogens is 321 g/mol. The van der Waals surface area contributed by atoms with E-state index >= 15 is 0 Å². The first-order chi connectivity index (χ1) is 10.2. The summed E-state index contributed by atoms with van der Waals surface area (Å²) in [6.07, 6.45) is 0. The van der Waals surface area contributed by atoms with Crippen LogP contribution in [0.3, 0.4) is 0 Å². The van der Waals surface area contributed by atoms with E-state index in [2.05, 4.69) is 4.18 Å². The Kier molecular flexibility index (Phi) is 4.32. The maximum atomic E-state index is 12.4. The summed E-state index contributed by atoms with van der Waals surface area (Å²) in [7, 11) is -4.24. The topological polar surface area (TPSA) is 52.6 Å². The Labute approximate surface area is 125 Å². The summed E-state index contributed by atoms with van der Waals surface area (Å²) in [5, 5.41) is 0. The molecule has 0 radical (unpaired) electrons. The smallest absolute Gasteiger partial charge is 0.497 e. The normalized spacial score (nSPS) is 12.0. The van der Waals surface area contributed by atoms with Crippen LogP contribution in [0.1, 0.15) is 0 Å². The van der Waals surface area contributed by atoms with Gasteiger partial charge in [-0.25, -0.2) is 0 Å². The van der Waals surface area contributed by atoms with Crippen molar-refractivity contribution in [3.05, 3.63) is 48.5 Å². The fraction of sp³-hybridized carbons (Fsp3) is 0.143. The molecule has 8 heteroatoms. The lowest BCUT2D eigenvalue weighted by atomic mass is 10.0. The number of halogens is 3. The molecule has 0 heterocycles. The fourth-order valence-electron chi connectivity index (χ4n) is 1.71. The van der Waals surface area contributed by atoms with Crippen molar-refractivity contribution in [2.45, 2.75) is 5.51 Å². The average molecular weight is 332 g/mol. The molecule has 0 N–H and O–H groups in total. The van der Waals surface area contributed by atoms with Gasteiger partial charge in [0.15, 0.2) is 5.75 Å². The highest BCUT2D eigenvalue weighted by molar-refractivity contribution is 7.88. The van der Waals surface area contributed by atoms with E-state index in [1.165, 1.54) is 19.2 Å². The Morgan fingerprint density at radius 1 is 0.955 bits per heavy atom. The zero-order valence-electron chi connectivity index (χ0n) is 11.3. The van der Waals surface area contributed by atoms with Crippen molar-refractivity contribution in [3.8, 4) is 22.6 Å². The van der Waals surface area contributed by atoms with Crippen molar-refractivity contribution >= 4 is 10.1 Å². The number of ether oxygens (including phenoxy) is 1. The van der Waals surface area contributed by atoms with Crippen LogP contribution >= 0.6 is 0 Å². The molecule has 0 aromatic heterocycles. The highest BCUT2D eigenvalue weighted by Crippen LogP contribution is 2.34. The molecule has 22 heavy (non-hydrogen) atoms. The minimum Gasteiger partial charge on any atom is -0.497 e. The Bertz CT molecular complexity index is 752. The first kappa shape index (κ1) is 16.2. The van der Waals surface area contributed by atoms with Crippen molar-refractivity contribution in [3.63, 3.8) is 0 Å². The Balaban J connectivity index is 2.43. The number of para-hydroxylation sites is 1. The van der Waals surface area contributed by atoms with Gasteiger partial charge in [0, 0.05) is 5.56 Å². The Morgan fingerprint density at radius 3 is 2.09 bits per heavy atom. The Morgan fingerprint density at radius 2 is 1.55 bits per heavy atom. The van der Waals surface area contributed by atoms with Crippen molar-refractivity contribution < 1.29 is 30.5 Å². The van der Waals surface area contributed by atoms with Crippen LogP contribution in [0.25, 0.3) is 11.1 Å². The van der Waals surface area contributed by atoms with Gasteiger partial charge in [0.2, 0.25) is 0 Å². The van der Waals surface area contributed by atoms with Crippen LogP contribution in [0.15, 0.2) is 48.5 Å². The van der Waals surface area contributed by atoms with E-state index in [1.807, 2.05) is 0 Å². The van der Waals surface area contributed by atoms with Crippen LogP contribution < -0.4 is 8.92 Å². The molecule has 2 aromatic carbocycles. The number of methoxy groups -OCH3 is 1. The molecular formula is C14H11F3O4S. The molecule has 0 unspecified atom stereocenters. The summed E-state index contributed by atoms with van der Waals surface area (Å²) in [4.78, 5) is 0. The first-order valence-corrected chi connectivity index (χ1v) is 7.39. The van der Waals surface area contributed by atoms with E-state index in [-0.39, 0.29) is 5.56 Å². The number of hydrogen-bond donors (Lipinski definition) is 0. The van der Waals surface area contributed by atoms with Crippen LogP contribution in [0.5, 0.6) is 11.5 Å². The third-order valence-electron chi connectivity index (χ3n) is 2.77. The lowest BCUT2D eigenvalue weighted by Gasteiger charge is -2.13. The SMILES string of the molecule is COc1ccc(-c2ccccc2OS(=O)(=O)C(F)(F)F)cc1. The molecule has 0 atom stereocenters. The van der Waals surface area contributed by atoms with Gasteiger partial charge in [-0.3, -0.25) is 0 Å². The molecule has 0 saturated heterocycles. The van der Waals surface area contributed by atoms with E-state index in [0.29, 0.717) is 11.3 Å². The second-order valence-corrected chi connectivity index (χ2v) is 5.75. The lowest BCUT2D eigenvalue weighted by molar-refractivity contribution is -0.0499. The third-order valence-corrected chi connectivity index (χ3v) is 3.74. The van der Waals surface area contributed by atoms with E-state index in [9.17, 15) is 21.6 Å². The van der Waals surface area contributed by atoms with Crippen LogP contribution in [0.2, 0.25) is 0 Å².